The molecule has 1 aliphatic heterocycles. The first kappa shape index (κ1) is 28.1. The van der Waals surface area contributed by atoms with Gasteiger partial charge in [0.05, 0.1) is 0 Å². The molecule has 0 aliphatic carbocycles. The number of hydrogen-bond donors (Lipinski definition) is 2. The summed E-state index contributed by atoms with van der Waals surface area (Å²) in [6.45, 7) is 11.1. The van der Waals surface area contributed by atoms with Gasteiger partial charge in [0.1, 0.15) is 0 Å². The highest BCUT2D eigenvalue weighted by Gasteiger charge is 2.35. The summed E-state index contributed by atoms with van der Waals surface area (Å²) in [6.07, 6.45) is 22.6. The number of hydrazone groups is 1. The molecule has 1 aliphatic rings. The molecular weight excluding hydrogens is 382 g/mol. The van der Waals surface area contributed by atoms with Crippen molar-refractivity contribution in [3.63, 3.8) is 0 Å². The number of piperidine rings is 1. The highest BCUT2D eigenvalue weighted by Crippen LogP contribution is 2.26. The Hall–Kier alpha value is -0.900. The summed E-state index contributed by atoms with van der Waals surface area (Å²) >= 11 is 0. The van der Waals surface area contributed by atoms with Crippen LogP contribution >= 0.6 is 0 Å². The highest BCUT2D eigenvalue weighted by atomic mass is 16.2. The SMILES string of the molecule is CCCCCCCCCCCCCCCCCC(=O)NN=C1CC(C)(C)NC(C)(C)C1. The predicted octanol–water partition coefficient (Wildman–Crippen LogP) is 7.66. The standard InChI is InChI=1S/C27H53N3O/c1-6-7-8-9-10-11-12-13-14-15-16-17-18-19-20-21-25(31)29-28-24-22-26(2,3)30-27(4,5)23-24/h30H,6-23H2,1-5H3,(H,29,31). The minimum Gasteiger partial charge on any atom is -0.306 e. The normalized spacial score (nSPS) is 17.5. The van der Waals surface area contributed by atoms with Crippen LogP contribution in [0.3, 0.4) is 0 Å². The van der Waals surface area contributed by atoms with E-state index in [1.54, 1.807) is 0 Å². The Morgan fingerprint density at radius 1 is 0.742 bits per heavy atom. The van der Waals surface area contributed by atoms with E-state index < -0.39 is 0 Å². The predicted molar refractivity (Wildman–Crippen MR) is 136 cm³/mol. The molecule has 1 fully saturated rings. The molecule has 0 bridgehead atoms. The third kappa shape index (κ3) is 15.5. The van der Waals surface area contributed by atoms with Gasteiger partial charge in [0.15, 0.2) is 0 Å². The Balaban J connectivity index is 1.94. The van der Waals surface area contributed by atoms with Crippen molar-refractivity contribution < 1.29 is 4.79 Å². The average Bonchev–Trinajstić information content (AvgIpc) is 2.67. The molecule has 0 aromatic carbocycles. The van der Waals surface area contributed by atoms with Gasteiger partial charge in [-0.25, -0.2) is 5.43 Å². The number of carbonyl (C=O) groups is 1. The van der Waals surface area contributed by atoms with Crippen molar-refractivity contribution in [1.29, 1.82) is 0 Å². The van der Waals surface area contributed by atoms with E-state index in [1.807, 2.05) is 0 Å². The molecule has 4 nitrogen and oxygen atoms in total. The first-order chi connectivity index (χ1) is 14.7. The second kappa shape index (κ2) is 15.8. The molecule has 2 N–H and O–H groups in total. The van der Waals surface area contributed by atoms with E-state index in [-0.39, 0.29) is 17.0 Å². The first-order valence-electron chi connectivity index (χ1n) is 13.4. The molecule has 4 heteroatoms. The molecule has 0 aromatic rings. The van der Waals surface area contributed by atoms with Crippen molar-refractivity contribution in [2.24, 2.45) is 5.10 Å². The molecule has 0 aromatic heterocycles. The third-order valence-electron chi connectivity index (χ3n) is 6.31. The van der Waals surface area contributed by atoms with E-state index in [2.05, 4.69) is 50.5 Å². The molecule has 1 heterocycles. The van der Waals surface area contributed by atoms with E-state index in [9.17, 15) is 4.79 Å². The molecule has 0 spiro atoms. The van der Waals surface area contributed by atoms with Gasteiger partial charge >= 0.3 is 0 Å². The number of carbonyl (C=O) groups excluding carboxylic acids is 1. The maximum absolute atomic E-state index is 12.1. The topological polar surface area (TPSA) is 53.5 Å². The monoisotopic (exact) mass is 435 g/mol. The maximum atomic E-state index is 12.1. The lowest BCUT2D eigenvalue weighted by molar-refractivity contribution is -0.121. The van der Waals surface area contributed by atoms with Crippen molar-refractivity contribution >= 4 is 11.6 Å². The van der Waals surface area contributed by atoms with E-state index in [4.69, 9.17) is 0 Å². The van der Waals surface area contributed by atoms with Gasteiger partial charge in [0, 0.05) is 36.1 Å². The largest absolute Gasteiger partial charge is 0.306 e. The summed E-state index contributed by atoms with van der Waals surface area (Å²) in [5.74, 6) is 0.0661. The van der Waals surface area contributed by atoms with Crippen LogP contribution in [0.5, 0.6) is 0 Å². The molecule has 0 unspecified atom stereocenters. The zero-order valence-corrected chi connectivity index (χ0v) is 21.6. The van der Waals surface area contributed by atoms with E-state index in [0.29, 0.717) is 6.42 Å². The van der Waals surface area contributed by atoms with Gasteiger partial charge in [-0.3, -0.25) is 4.79 Å². The fourth-order valence-electron chi connectivity index (χ4n) is 5.02. The molecule has 0 saturated carbocycles. The van der Waals surface area contributed by atoms with Crippen LogP contribution in [-0.2, 0) is 4.79 Å². The summed E-state index contributed by atoms with van der Waals surface area (Å²) in [4.78, 5) is 12.1. The molecule has 0 radical (unpaired) electrons. The smallest absolute Gasteiger partial charge is 0.240 e. The van der Waals surface area contributed by atoms with E-state index >= 15 is 0 Å². The maximum Gasteiger partial charge on any atom is 0.240 e. The van der Waals surface area contributed by atoms with Crippen molar-refractivity contribution in [1.82, 2.24) is 10.7 Å². The summed E-state index contributed by atoms with van der Waals surface area (Å²) < 4.78 is 0. The average molecular weight is 436 g/mol. The van der Waals surface area contributed by atoms with Gasteiger partial charge < -0.3 is 5.32 Å². The number of nitrogens with zero attached hydrogens (tertiary/aromatic N) is 1. The zero-order chi connectivity index (χ0) is 23.0. The summed E-state index contributed by atoms with van der Waals surface area (Å²) in [5, 5.41) is 8.08. The molecule has 1 amide bonds. The number of hydrogen-bond acceptors (Lipinski definition) is 3. The zero-order valence-electron chi connectivity index (χ0n) is 21.6. The van der Waals surface area contributed by atoms with Crippen molar-refractivity contribution in [3.05, 3.63) is 0 Å². The van der Waals surface area contributed by atoms with E-state index in [1.165, 1.54) is 83.5 Å². The number of amides is 1. The van der Waals surface area contributed by atoms with Crippen LogP contribution in [0.2, 0.25) is 0 Å². The highest BCUT2D eigenvalue weighted by molar-refractivity contribution is 5.88. The Kier molecular flexibility index (Phi) is 14.4. The summed E-state index contributed by atoms with van der Waals surface area (Å²) in [6, 6.07) is 0. The quantitative estimate of drug-likeness (QED) is 0.182. The third-order valence-corrected chi connectivity index (χ3v) is 6.31. The van der Waals surface area contributed by atoms with Crippen LogP contribution in [0.15, 0.2) is 5.10 Å². The Morgan fingerprint density at radius 3 is 1.55 bits per heavy atom. The first-order valence-corrected chi connectivity index (χ1v) is 13.4. The number of rotatable bonds is 17. The van der Waals surface area contributed by atoms with Crippen LogP contribution in [-0.4, -0.2) is 22.7 Å². The fourth-order valence-corrected chi connectivity index (χ4v) is 5.02. The van der Waals surface area contributed by atoms with Crippen molar-refractivity contribution in [3.8, 4) is 0 Å². The van der Waals surface area contributed by atoms with Gasteiger partial charge in [-0.2, -0.15) is 5.10 Å². The number of nitrogens with one attached hydrogen (secondary N) is 2. The van der Waals surface area contributed by atoms with Crippen molar-refractivity contribution in [2.75, 3.05) is 0 Å². The minimum atomic E-state index is 0.0273. The molecule has 31 heavy (non-hydrogen) atoms. The lowest BCUT2D eigenvalue weighted by atomic mass is 9.81. The van der Waals surface area contributed by atoms with Gasteiger partial charge in [0.25, 0.3) is 0 Å². The molecular formula is C27H53N3O. The van der Waals surface area contributed by atoms with Gasteiger partial charge in [0.2, 0.25) is 5.91 Å². The summed E-state index contributed by atoms with van der Waals surface area (Å²) in [5.41, 5.74) is 3.95. The van der Waals surface area contributed by atoms with Gasteiger partial charge in [-0.15, -0.1) is 0 Å². The Morgan fingerprint density at radius 2 is 1.13 bits per heavy atom. The molecule has 0 atom stereocenters. The Bertz CT molecular complexity index is 493. The second-order valence-electron chi connectivity index (χ2n) is 11.2. The number of unbranched alkanes of at least 4 members (excludes halogenated alkanes) is 14. The van der Waals surface area contributed by atoms with Crippen LogP contribution < -0.4 is 10.7 Å². The van der Waals surface area contributed by atoms with E-state index in [0.717, 1.165) is 31.4 Å². The van der Waals surface area contributed by atoms with Crippen molar-refractivity contribution in [2.45, 2.75) is 161 Å². The fraction of sp³-hybridized carbons (Fsp3) is 0.926. The minimum absolute atomic E-state index is 0.0273. The van der Waals surface area contributed by atoms with Crippen LogP contribution in [0.1, 0.15) is 150 Å². The van der Waals surface area contributed by atoms with Crippen LogP contribution in [0.4, 0.5) is 0 Å². The van der Waals surface area contributed by atoms with Gasteiger partial charge in [-0.05, 0) is 34.1 Å². The van der Waals surface area contributed by atoms with Gasteiger partial charge in [-0.1, -0.05) is 96.8 Å². The lowest BCUT2D eigenvalue weighted by Gasteiger charge is -2.43. The molecule has 182 valence electrons. The van der Waals surface area contributed by atoms with Crippen LogP contribution in [0, 0.1) is 0 Å². The molecule has 1 rings (SSSR count). The summed E-state index contributed by atoms with van der Waals surface area (Å²) in [7, 11) is 0. The second-order valence-corrected chi connectivity index (χ2v) is 11.2. The van der Waals surface area contributed by atoms with Crippen LogP contribution in [0.25, 0.3) is 0 Å². The lowest BCUT2D eigenvalue weighted by Crippen LogP contribution is -2.58. The molecule has 1 saturated heterocycles. The Labute approximate surface area is 193 Å².